The molecule has 11 heteroatoms. The average Bonchev–Trinajstić information content (AvgIpc) is 3.26. The highest BCUT2D eigenvalue weighted by atomic mass is 16.6. The van der Waals surface area contributed by atoms with Crippen molar-refractivity contribution in [3.63, 3.8) is 0 Å². The molecule has 4 aromatic rings. The van der Waals surface area contributed by atoms with E-state index in [1.54, 1.807) is 33.3 Å². The fourth-order valence-corrected chi connectivity index (χ4v) is 2.94. The molecule has 0 aliphatic carbocycles. The van der Waals surface area contributed by atoms with Gasteiger partial charge in [-0.1, -0.05) is 6.92 Å². The second-order valence-electron chi connectivity index (χ2n) is 5.76. The predicted octanol–water partition coefficient (Wildman–Crippen LogP) is 1.42. The Morgan fingerprint density at radius 2 is 2.12 bits per heavy atom. The molecule has 0 aliphatic heterocycles. The molecule has 0 N–H and O–H groups in total. The van der Waals surface area contributed by atoms with Gasteiger partial charge < -0.3 is 10.1 Å². The topological polar surface area (TPSA) is 122 Å². The maximum absolute atomic E-state index is 11.0. The van der Waals surface area contributed by atoms with Gasteiger partial charge in [0.25, 0.3) is 0 Å². The van der Waals surface area contributed by atoms with Crippen molar-refractivity contribution in [1.82, 2.24) is 39.1 Å². The molecule has 0 aromatic carbocycles. The van der Waals surface area contributed by atoms with E-state index in [0.29, 0.717) is 29.2 Å². The number of nitro groups is 1. The van der Waals surface area contributed by atoms with Crippen LogP contribution >= 0.6 is 0 Å². The Morgan fingerprint density at radius 3 is 2.80 bits per heavy atom. The van der Waals surface area contributed by atoms with Crippen LogP contribution in [0.3, 0.4) is 0 Å². The number of aromatic nitrogens is 8. The van der Waals surface area contributed by atoms with E-state index >= 15 is 0 Å². The van der Waals surface area contributed by atoms with Crippen LogP contribution < -0.4 is 0 Å². The quantitative estimate of drug-likeness (QED) is 0.406. The van der Waals surface area contributed by atoms with Gasteiger partial charge in [0.15, 0.2) is 17.1 Å². The summed E-state index contributed by atoms with van der Waals surface area (Å²) in [5, 5.41) is 24.5. The van der Waals surface area contributed by atoms with Crippen molar-refractivity contribution in [2.75, 3.05) is 0 Å². The van der Waals surface area contributed by atoms with Gasteiger partial charge in [-0.15, -0.1) is 5.10 Å². The van der Waals surface area contributed by atoms with Crippen molar-refractivity contribution in [2.24, 2.45) is 7.05 Å². The number of hydrogen-bond donors (Lipinski definition) is 0. The summed E-state index contributed by atoms with van der Waals surface area (Å²) in [5.41, 5.74) is 2.04. The Hall–Kier alpha value is -3.37. The summed E-state index contributed by atoms with van der Waals surface area (Å²) in [5.74, 6) is 0.345. The summed E-state index contributed by atoms with van der Waals surface area (Å²) in [4.78, 5) is 19.4. The number of fused-ring (bicyclic) bond motifs is 3. The van der Waals surface area contributed by atoms with E-state index in [4.69, 9.17) is 0 Å². The molecule has 25 heavy (non-hydrogen) atoms. The third kappa shape index (κ3) is 2.23. The van der Waals surface area contributed by atoms with Crippen molar-refractivity contribution in [2.45, 2.75) is 26.3 Å². The Kier molecular flexibility index (Phi) is 3.23. The normalized spacial score (nSPS) is 12.9. The fourth-order valence-electron chi connectivity index (χ4n) is 2.94. The Morgan fingerprint density at radius 1 is 1.32 bits per heavy atom. The molecule has 4 aromatic heterocycles. The molecule has 0 saturated carbocycles. The number of hydrogen-bond acceptors (Lipinski definition) is 7. The van der Waals surface area contributed by atoms with E-state index < -0.39 is 4.92 Å². The highest BCUT2D eigenvalue weighted by molar-refractivity contribution is 5.88. The van der Waals surface area contributed by atoms with Crippen LogP contribution in [0.1, 0.15) is 30.9 Å². The van der Waals surface area contributed by atoms with Gasteiger partial charge in [-0.2, -0.15) is 9.78 Å². The summed E-state index contributed by atoms with van der Waals surface area (Å²) < 4.78 is 4.86. The van der Waals surface area contributed by atoms with Crippen LogP contribution in [0, 0.1) is 17.0 Å². The van der Waals surface area contributed by atoms with Gasteiger partial charge in [0.05, 0.1) is 28.4 Å². The molecule has 0 spiro atoms. The Bertz CT molecular complexity index is 1110. The molecule has 11 nitrogen and oxygen atoms in total. The van der Waals surface area contributed by atoms with Crippen LogP contribution in [0.4, 0.5) is 5.82 Å². The second kappa shape index (κ2) is 5.33. The molecular weight excluding hydrogens is 326 g/mol. The van der Waals surface area contributed by atoms with Crippen molar-refractivity contribution in [3.05, 3.63) is 40.2 Å². The molecule has 0 aliphatic rings. The van der Waals surface area contributed by atoms with Crippen LogP contribution in [-0.4, -0.2) is 44.1 Å². The highest BCUT2D eigenvalue weighted by Crippen LogP contribution is 2.25. The van der Waals surface area contributed by atoms with Crippen LogP contribution in [0.2, 0.25) is 0 Å². The summed E-state index contributed by atoms with van der Waals surface area (Å²) in [6.07, 6.45) is 3.92. The van der Waals surface area contributed by atoms with Gasteiger partial charge in [0.2, 0.25) is 0 Å². The number of aryl methyl sites for hydroxylation is 2. The van der Waals surface area contributed by atoms with E-state index in [1.165, 1.54) is 6.07 Å². The fraction of sp³-hybridized carbons (Fsp3) is 0.357. The first-order chi connectivity index (χ1) is 12.0. The lowest BCUT2D eigenvalue weighted by Gasteiger charge is -2.09. The minimum atomic E-state index is -0.504. The van der Waals surface area contributed by atoms with Gasteiger partial charge >= 0.3 is 5.82 Å². The van der Waals surface area contributed by atoms with Crippen molar-refractivity contribution in [3.8, 4) is 0 Å². The zero-order valence-corrected chi connectivity index (χ0v) is 13.9. The molecule has 0 amide bonds. The molecule has 0 fully saturated rings. The van der Waals surface area contributed by atoms with Gasteiger partial charge in [-0.25, -0.2) is 14.5 Å². The van der Waals surface area contributed by atoms with E-state index in [9.17, 15) is 10.1 Å². The van der Waals surface area contributed by atoms with Gasteiger partial charge in [-0.05, 0) is 18.3 Å². The molecule has 0 unspecified atom stereocenters. The highest BCUT2D eigenvalue weighted by Gasteiger charge is 2.26. The lowest BCUT2D eigenvalue weighted by atomic mass is 10.2. The minimum Gasteiger partial charge on any atom is -0.358 e. The van der Waals surface area contributed by atoms with Gasteiger partial charge in [-0.3, -0.25) is 4.68 Å². The minimum absolute atomic E-state index is 0.184. The second-order valence-corrected chi connectivity index (χ2v) is 5.76. The summed E-state index contributed by atoms with van der Waals surface area (Å²) >= 11 is 0. The molecule has 128 valence electrons. The first kappa shape index (κ1) is 15.2. The van der Waals surface area contributed by atoms with Crippen LogP contribution in [0.5, 0.6) is 0 Å². The van der Waals surface area contributed by atoms with Crippen molar-refractivity contribution >= 4 is 22.5 Å². The Balaban J connectivity index is 1.86. The molecule has 4 rings (SSSR count). The van der Waals surface area contributed by atoms with Gasteiger partial charge in [0, 0.05) is 7.05 Å². The van der Waals surface area contributed by atoms with Crippen LogP contribution in [0.15, 0.2) is 18.6 Å². The Labute approximate surface area is 141 Å². The maximum atomic E-state index is 11.0. The van der Waals surface area contributed by atoms with Crippen LogP contribution in [0.25, 0.3) is 16.7 Å². The van der Waals surface area contributed by atoms with Crippen molar-refractivity contribution in [1.29, 1.82) is 0 Å². The van der Waals surface area contributed by atoms with Gasteiger partial charge in [0.1, 0.15) is 12.4 Å². The number of rotatable bonds is 4. The van der Waals surface area contributed by atoms with Crippen molar-refractivity contribution < 1.29 is 4.92 Å². The lowest BCUT2D eigenvalue weighted by Crippen LogP contribution is -2.14. The zero-order valence-electron chi connectivity index (χ0n) is 13.9. The summed E-state index contributed by atoms with van der Waals surface area (Å²) in [7, 11) is 1.81. The van der Waals surface area contributed by atoms with E-state index in [0.717, 1.165) is 5.39 Å². The molecule has 0 bridgehead atoms. The van der Waals surface area contributed by atoms with E-state index in [2.05, 4.69) is 25.3 Å². The largest absolute Gasteiger partial charge is 0.390 e. The first-order valence-corrected chi connectivity index (χ1v) is 7.73. The SMILES string of the molecule is CC[C@H](c1nc2c3cnn(C)c3ncn2n1)n1nc([N+](=O)[O-])cc1C. The molecule has 0 radical (unpaired) electrons. The zero-order chi connectivity index (χ0) is 17.7. The molecule has 0 saturated heterocycles. The van der Waals surface area contributed by atoms with Crippen LogP contribution in [-0.2, 0) is 7.05 Å². The third-order valence-electron chi connectivity index (χ3n) is 4.16. The van der Waals surface area contributed by atoms with E-state index in [1.807, 2.05) is 14.0 Å². The smallest absolute Gasteiger partial charge is 0.358 e. The average molecular weight is 341 g/mol. The lowest BCUT2D eigenvalue weighted by molar-refractivity contribution is -0.389. The standard InChI is InChI=1S/C14H15N9O2/c1-4-10(22-8(2)5-11(18-22)23(24)25)12-17-14-9-6-16-20(3)13(9)15-7-21(14)19-12/h5-7,10H,4H2,1-3H3/t10-/m1/s1. The predicted molar refractivity (Wildman–Crippen MR) is 87.1 cm³/mol. The molecular formula is C14H15N9O2. The maximum Gasteiger partial charge on any atom is 0.390 e. The van der Waals surface area contributed by atoms with E-state index in [-0.39, 0.29) is 11.9 Å². The third-order valence-corrected chi connectivity index (χ3v) is 4.16. The monoisotopic (exact) mass is 341 g/mol. The molecule has 4 heterocycles. The summed E-state index contributed by atoms with van der Waals surface area (Å²) in [6, 6.07) is 1.14. The summed E-state index contributed by atoms with van der Waals surface area (Å²) in [6.45, 7) is 3.74. The number of nitrogens with zero attached hydrogens (tertiary/aromatic N) is 9. The molecule has 1 atom stereocenters. The first-order valence-electron chi connectivity index (χ1n) is 7.73.